The van der Waals surface area contributed by atoms with E-state index in [4.69, 9.17) is 25.8 Å². The van der Waals surface area contributed by atoms with E-state index < -0.39 is 6.09 Å². The quantitative estimate of drug-likeness (QED) is 0.205. The number of ether oxygens (including phenoxy) is 3. The molecule has 1 amide bonds. The molecule has 7 nitrogen and oxygen atoms in total. The SMILES string of the molecule is COc1cc(OC(=O)Nc2ccc(Cl)cc2)ccc1-c1ccc2c(c1COC(=O)c1ccc(C)s1)C(C)=CC(C)(C)N2. The van der Waals surface area contributed by atoms with Crippen LogP contribution in [-0.2, 0) is 11.3 Å². The van der Waals surface area contributed by atoms with Crippen molar-refractivity contribution in [2.45, 2.75) is 39.8 Å². The molecule has 0 saturated heterocycles. The third-order valence-electron chi connectivity index (χ3n) is 6.79. The second kappa shape index (κ2) is 11.9. The van der Waals surface area contributed by atoms with E-state index in [9.17, 15) is 9.59 Å². The lowest BCUT2D eigenvalue weighted by atomic mass is 9.85. The molecule has 0 bridgehead atoms. The van der Waals surface area contributed by atoms with Gasteiger partial charge in [-0.2, -0.15) is 0 Å². The normalized spacial score (nSPS) is 13.3. The highest BCUT2D eigenvalue weighted by atomic mass is 35.5. The van der Waals surface area contributed by atoms with Crippen molar-refractivity contribution in [2.24, 2.45) is 0 Å². The molecular weight excluding hydrogens is 572 g/mol. The predicted octanol–water partition coefficient (Wildman–Crippen LogP) is 8.96. The van der Waals surface area contributed by atoms with Gasteiger partial charge in [0.15, 0.2) is 0 Å². The van der Waals surface area contributed by atoms with E-state index >= 15 is 0 Å². The maximum Gasteiger partial charge on any atom is 0.417 e. The molecule has 216 valence electrons. The predicted molar refractivity (Wildman–Crippen MR) is 169 cm³/mol. The minimum Gasteiger partial charge on any atom is -0.496 e. The summed E-state index contributed by atoms with van der Waals surface area (Å²) in [5, 5.41) is 6.82. The molecule has 0 aliphatic carbocycles. The van der Waals surface area contributed by atoms with Gasteiger partial charge in [0.2, 0.25) is 0 Å². The number of thiophene rings is 1. The zero-order chi connectivity index (χ0) is 30.0. The first-order valence-electron chi connectivity index (χ1n) is 13.3. The summed E-state index contributed by atoms with van der Waals surface area (Å²) in [5.74, 6) is 0.435. The summed E-state index contributed by atoms with van der Waals surface area (Å²) in [5.41, 5.74) is 5.79. The zero-order valence-electron chi connectivity index (χ0n) is 24.0. The van der Waals surface area contributed by atoms with Crippen LogP contribution in [0.2, 0.25) is 5.02 Å². The fourth-order valence-corrected chi connectivity index (χ4v) is 5.98. The van der Waals surface area contributed by atoms with Crippen LogP contribution in [0.3, 0.4) is 0 Å². The Morgan fingerprint density at radius 1 is 0.976 bits per heavy atom. The fourth-order valence-electron chi connectivity index (χ4n) is 5.10. The second-order valence-electron chi connectivity index (χ2n) is 10.6. The van der Waals surface area contributed by atoms with Gasteiger partial charge in [0, 0.05) is 44.0 Å². The molecule has 0 spiro atoms. The van der Waals surface area contributed by atoms with Gasteiger partial charge in [-0.05, 0) is 93.4 Å². The molecule has 0 atom stereocenters. The van der Waals surface area contributed by atoms with Crippen LogP contribution in [0.25, 0.3) is 16.7 Å². The molecule has 1 aliphatic rings. The molecule has 4 aromatic rings. The number of allylic oxidation sites excluding steroid dienone is 1. The number of carbonyl (C=O) groups excluding carboxylic acids is 2. The number of anilines is 2. The molecule has 0 fully saturated rings. The van der Waals surface area contributed by atoms with Gasteiger partial charge < -0.3 is 19.5 Å². The van der Waals surface area contributed by atoms with Crippen molar-refractivity contribution < 1.29 is 23.8 Å². The number of hydrogen-bond acceptors (Lipinski definition) is 7. The summed E-state index contributed by atoms with van der Waals surface area (Å²) in [4.78, 5) is 27.0. The van der Waals surface area contributed by atoms with Crippen molar-refractivity contribution in [3.8, 4) is 22.6 Å². The number of aryl methyl sites for hydroxylation is 1. The molecule has 5 rings (SSSR count). The molecule has 1 aliphatic heterocycles. The van der Waals surface area contributed by atoms with Crippen molar-refractivity contribution in [2.75, 3.05) is 17.7 Å². The summed E-state index contributed by atoms with van der Waals surface area (Å²) < 4.78 is 17.1. The first-order chi connectivity index (χ1) is 20.0. The van der Waals surface area contributed by atoms with E-state index in [0.717, 1.165) is 38.4 Å². The van der Waals surface area contributed by atoms with Crippen LogP contribution in [0.15, 0.2) is 72.8 Å². The summed E-state index contributed by atoms with van der Waals surface area (Å²) in [7, 11) is 1.56. The Morgan fingerprint density at radius 2 is 1.71 bits per heavy atom. The summed E-state index contributed by atoms with van der Waals surface area (Å²) in [6.07, 6.45) is 1.52. The standard InChI is InChI=1S/C33H31ClN2O5S/c1-19-17-33(3,4)36-27-14-13-24(26(30(19)27)18-40-31(37)29-15-6-20(2)42-29)25-12-11-23(16-28(25)39-5)41-32(38)35-22-9-7-21(34)8-10-22/h6-17,36H,18H2,1-5H3,(H,35,38). The molecule has 3 aromatic carbocycles. The maximum absolute atomic E-state index is 12.9. The Morgan fingerprint density at radius 3 is 2.40 bits per heavy atom. The van der Waals surface area contributed by atoms with Gasteiger partial charge in [-0.15, -0.1) is 11.3 Å². The largest absolute Gasteiger partial charge is 0.496 e. The number of esters is 1. The number of nitrogens with one attached hydrogen (secondary N) is 2. The molecule has 9 heteroatoms. The summed E-state index contributed by atoms with van der Waals surface area (Å²) in [6.45, 7) is 8.29. The Balaban J connectivity index is 1.48. The van der Waals surface area contributed by atoms with Crippen LogP contribution in [0.4, 0.5) is 16.2 Å². The Hall–Kier alpha value is -4.27. The lowest BCUT2D eigenvalue weighted by Crippen LogP contribution is -2.32. The number of halogens is 1. The number of amides is 1. The van der Waals surface area contributed by atoms with Gasteiger partial charge >= 0.3 is 12.1 Å². The van der Waals surface area contributed by atoms with Gasteiger partial charge in [-0.3, -0.25) is 5.32 Å². The number of rotatable bonds is 7. The van der Waals surface area contributed by atoms with Gasteiger partial charge in [0.05, 0.1) is 12.6 Å². The van der Waals surface area contributed by atoms with Crippen LogP contribution in [0.1, 0.15) is 46.4 Å². The van der Waals surface area contributed by atoms with Gasteiger partial charge in [0.25, 0.3) is 0 Å². The number of carbonyl (C=O) groups is 2. The van der Waals surface area contributed by atoms with Crippen molar-refractivity contribution in [3.05, 3.63) is 98.7 Å². The van der Waals surface area contributed by atoms with Crippen molar-refractivity contribution in [1.82, 2.24) is 0 Å². The first-order valence-corrected chi connectivity index (χ1v) is 14.5. The smallest absolute Gasteiger partial charge is 0.417 e. The van der Waals surface area contributed by atoms with Crippen molar-refractivity contribution >= 4 is 51.9 Å². The van der Waals surface area contributed by atoms with E-state index in [0.29, 0.717) is 27.1 Å². The van der Waals surface area contributed by atoms with E-state index in [-0.39, 0.29) is 18.1 Å². The lowest BCUT2D eigenvalue weighted by molar-refractivity contribution is 0.0479. The van der Waals surface area contributed by atoms with Crippen molar-refractivity contribution in [3.63, 3.8) is 0 Å². The van der Waals surface area contributed by atoms with Gasteiger partial charge in [-0.1, -0.05) is 23.7 Å². The summed E-state index contributed by atoms with van der Waals surface area (Å²) >= 11 is 7.33. The van der Waals surface area contributed by atoms with Crippen LogP contribution in [0.5, 0.6) is 11.5 Å². The Bertz CT molecular complexity index is 1690. The van der Waals surface area contributed by atoms with Crippen LogP contribution in [-0.4, -0.2) is 24.7 Å². The Labute approximate surface area is 254 Å². The van der Waals surface area contributed by atoms with Crippen molar-refractivity contribution in [1.29, 1.82) is 0 Å². The molecule has 0 radical (unpaired) electrons. The topological polar surface area (TPSA) is 85.9 Å². The third-order valence-corrected chi connectivity index (χ3v) is 8.03. The first kappa shape index (κ1) is 29.2. The molecule has 42 heavy (non-hydrogen) atoms. The highest BCUT2D eigenvalue weighted by molar-refractivity contribution is 7.13. The lowest BCUT2D eigenvalue weighted by Gasteiger charge is -2.33. The number of methoxy groups -OCH3 is 1. The average molecular weight is 603 g/mol. The monoisotopic (exact) mass is 602 g/mol. The minimum atomic E-state index is -0.647. The summed E-state index contributed by atoms with van der Waals surface area (Å²) in [6, 6.07) is 19.6. The molecule has 0 unspecified atom stereocenters. The molecule has 2 N–H and O–H groups in total. The number of fused-ring (bicyclic) bond motifs is 1. The fraction of sp³-hybridized carbons (Fsp3) is 0.212. The number of hydrogen-bond donors (Lipinski definition) is 2. The average Bonchev–Trinajstić information content (AvgIpc) is 3.38. The van der Waals surface area contributed by atoms with Crippen LogP contribution in [0, 0.1) is 6.92 Å². The maximum atomic E-state index is 12.9. The number of benzene rings is 3. The Kier molecular flexibility index (Phi) is 8.29. The third kappa shape index (κ3) is 6.45. The molecule has 2 heterocycles. The van der Waals surface area contributed by atoms with Gasteiger partial charge in [-0.25, -0.2) is 9.59 Å². The van der Waals surface area contributed by atoms with E-state index in [1.807, 2.05) is 31.2 Å². The highest BCUT2D eigenvalue weighted by Crippen LogP contribution is 2.43. The van der Waals surface area contributed by atoms with E-state index in [1.165, 1.54) is 11.3 Å². The highest BCUT2D eigenvalue weighted by Gasteiger charge is 2.27. The second-order valence-corrected chi connectivity index (χ2v) is 12.3. The molecular formula is C33H31ClN2O5S. The molecule has 1 aromatic heterocycles. The van der Waals surface area contributed by atoms with Crippen LogP contribution < -0.4 is 20.1 Å². The van der Waals surface area contributed by atoms with Crippen LogP contribution >= 0.6 is 22.9 Å². The minimum absolute atomic E-state index is 0.0620. The zero-order valence-corrected chi connectivity index (χ0v) is 25.5. The molecule has 0 saturated carbocycles. The van der Waals surface area contributed by atoms with Gasteiger partial charge in [0.1, 0.15) is 23.0 Å². The van der Waals surface area contributed by atoms with E-state index in [1.54, 1.807) is 49.6 Å². The van der Waals surface area contributed by atoms with E-state index in [2.05, 4.69) is 37.5 Å².